The van der Waals surface area contributed by atoms with Crippen LogP contribution >= 0.6 is 11.3 Å². The van der Waals surface area contributed by atoms with Crippen molar-refractivity contribution in [1.82, 2.24) is 4.98 Å². The van der Waals surface area contributed by atoms with Crippen molar-refractivity contribution in [3.05, 3.63) is 65.3 Å². The van der Waals surface area contributed by atoms with Gasteiger partial charge in [-0.3, -0.25) is 10.1 Å². The first kappa shape index (κ1) is 16.1. The largest absolute Gasteiger partial charge is 0.494 e. The number of anilines is 1. The van der Waals surface area contributed by atoms with E-state index in [4.69, 9.17) is 4.74 Å². The van der Waals surface area contributed by atoms with E-state index in [0.717, 1.165) is 11.3 Å². The zero-order valence-corrected chi connectivity index (χ0v) is 13.8. The second-order valence-electron chi connectivity index (χ2n) is 4.96. The minimum atomic E-state index is -0.294. The number of benzene rings is 2. The molecule has 0 aliphatic rings. The molecular formula is C18H15FN2O2S. The molecule has 0 atom stereocenters. The number of ether oxygens (including phenoxy) is 1. The number of hydrogen-bond acceptors (Lipinski definition) is 4. The first-order valence-corrected chi connectivity index (χ1v) is 8.29. The monoisotopic (exact) mass is 342 g/mol. The van der Waals surface area contributed by atoms with E-state index in [-0.39, 0.29) is 11.7 Å². The van der Waals surface area contributed by atoms with Crippen LogP contribution in [0.5, 0.6) is 5.75 Å². The summed E-state index contributed by atoms with van der Waals surface area (Å²) in [4.78, 5) is 16.6. The van der Waals surface area contributed by atoms with Gasteiger partial charge >= 0.3 is 0 Å². The smallest absolute Gasteiger partial charge is 0.257 e. The Morgan fingerprint density at radius 1 is 1.17 bits per heavy atom. The topological polar surface area (TPSA) is 51.2 Å². The quantitative estimate of drug-likeness (QED) is 0.737. The Morgan fingerprint density at radius 3 is 2.54 bits per heavy atom. The molecule has 0 bridgehead atoms. The van der Waals surface area contributed by atoms with Gasteiger partial charge in [-0.1, -0.05) is 0 Å². The van der Waals surface area contributed by atoms with Gasteiger partial charge in [0, 0.05) is 16.5 Å². The molecule has 1 heterocycles. The third kappa shape index (κ3) is 3.78. The minimum absolute atomic E-state index is 0.238. The Bertz CT molecular complexity index is 829. The molecule has 1 N–H and O–H groups in total. The zero-order valence-electron chi connectivity index (χ0n) is 13.0. The second kappa shape index (κ2) is 7.23. The molecule has 122 valence electrons. The fraction of sp³-hybridized carbons (Fsp3) is 0.111. The Labute approximate surface area is 142 Å². The lowest BCUT2D eigenvalue weighted by atomic mass is 10.2. The van der Waals surface area contributed by atoms with Crippen LogP contribution in [0.15, 0.2) is 53.9 Å². The molecule has 3 aromatic rings. The van der Waals surface area contributed by atoms with E-state index in [1.807, 2.05) is 12.3 Å². The Morgan fingerprint density at radius 2 is 1.88 bits per heavy atom. The number of halogens is 1. The predicted molar refractivity (Wildman–Crippen MR) is 93.1 cm³/mol. The lowest BCUT2D eigenvalue weighted by Gasteiger charge is -2.04. The maximum absolute atomic E-state index is 13.0. The van der Waals surface area contributed by atoms with Crippen LogP contribution in [0.4, 0.5) is 9.52 Å². The molecule has 0 saturated carbocycles. The SMILES string of the molecule is CCOc1ccc(C(=O)Nc2nc(-c3ccc(F)cc3)cs2)cc1. The van der Waals surface area contributed by atoms with Crippen molar-refractivity contribution in [3.8, 4) is 17.0 Å². The summed E-state index contributed by atoms with van der Waals surface area (Å²) >= 11 is 1.32. The highest BCUT2D eigenvalue weighted by Crippen LogP contribution is 2.25. The number of aromatic nitrogens is 1. The van der Waals surface area contributed by atoms with Crippen molar-refractivity contribution in [2.24, 2.45) is 0 Å². The number of carbonyl (C=O) groups excluding carboxylic acids is 1. The molecule has 6 heteroatoms. The molecule has 24 heavy (non-hydrogen) atoms. The molecular weight excluding hydrogens is 327 g/mol. The maximum atomic E-state index is 13.0. The van der Waals surface area contributed by atoms with Gasteiger partial charge in [0.1, 0.15) is 11.6 Å². The molecule has 0 unspecified atom stereocenters. The number of hydrogen-bond donors (Lipinski definition) is 1. The lowest BCUT2D eigenvalue weighted by Crippen LogP contribution is -2.11. The zero-order chi connectivity index (χ0) is 16.9. The van der Waals surface area contributed by atoms with Crippen LogP contribution in [0.3, 0.4) is 0 Å². The number of nitrogens with one attached hydrogen (secondary N) is 1. The molecule has 0 aliphatic heterocycles. The standard InChI is InChI=1S/C18H15FN2O2S/c1-2-23-15-9-5-13(6-10-15)17(22)21-18-20-16(11-24-18)12-3-7-14(19)8-4-12/h3-11H,2H2,1H3,(H,20,21,22). The van der Waals surface area contributed by atoms with Crippen LogP contribution in [0, 0.1) is 5.82 Å². The van der Waals surface area contributed by atoms with Gasteiger partial charge in [-0.15, -0.1) is 11.3 Å². The fourth-order valence-electron chi connectivity index (χ4n) is 2.12. The van der Waals surface area contributed by atoms with Crippen LogP contribution in [-0.4, -0.2) is 17.5 Å². The fourth-order valence-corrected chi connectivity index (χ4v) is 2.84. The Hall–Kier alpha value is -2.73. The number of nitrogens with zero attached hydrogens (tertiary/aromatic N) is 1. The number of thiazole rings is 1. The van der Waals surface area contributed by atoms with Crippen molar-refractivity contribution in [3.63, 3.8) is 0 Å². The van der Waals surface area contributed by atoms with E-state index < -0.39 is 0 Å². The van der Waals surface area contributed by atoms with Crippen molar-refractivity contribution in [1.29, 1.82) is 0 Å². The Kier molecular flexibility index (Phi) is 4.86. The first-order valence-electron chi connectivity index (χ1n) is 7.41. The van der Waals surface area contributed by atoms with Crippen LogP contribution in [-0.2, 0) is 0 Å². The summed E-state index contributed by atoms with van der Waals surface area (Å²) in [6, 6.07) is 13.0. The molecule has 1 aromatic heterocycles. The van der Waals surface area contributed by atoms with Gasteiger partial charge in [0.25, 0.3) is 5.91 Å². The molecule has 1 amide bonds. The van der Waals surface area contributed by atoms with Gasteiger partial charge in [0.05, 0.1) is 12.3 Å². The summed E-state index contributed by atoms with van der Waals surface area (Å²) in [5.41, 5.74) is 2.02. The molecule has 0 saturated heterocycles. The van der Waals surface area contributed by atoms with Gasteiger partial charge in [-0.2, -0.15) is 0 Å². The van der Waals surface area contributed by atoms with E-state index in [2.05, 4.69) is 10.3 Å². The molecule has 3 rings (SSSR count). The highest BCUT2D eigenvalue weighted by Gasteiger charge is 2.10. The molecule has 2 aromatic carbocycles. The molecule has 0 radical (unpaired) electrons. The van der Waals surface area contributed by atoms with Gasteiger partial charge in [0.2, 0.25) is 0 Å². The summed E-state index contributed by atoms with van der Waals surface area (Å²) < 4.78 is 18.3. The van der Waals surface area contributed by atoms with Crippen LogP contribution in [0.2, 0.25) is 0 Å². The molecule has 0 aliphatic carbocycles. The summed E-state index contributed by atoms with van der Waals surface area (Å²) in [5.74, 6) is 0.193. The predicted octanol–water partition coefficient (Wildman–Crippen LogP) is 4.60. The van der Waals surface area contributed by atoms with E-state index in [9.17, 15) is 9.18 Å². The van der Waals surface area contributed by atoms with Crippen molar-refractivity contribution >= 4 is 22.4 Å². The second-order valence-corrected chi connectivity index (χ2v) is 5.81. The first-order chi connectivity index (χ1) is 11.7. The average molecular weight is 342 g/mol. The summed E-state index contributed by atoms with van der Waals surface area (Å²) in [6.45, 7) is 2.48. The van der Waals surface area contributed by atoms with E-state index in [1.165, 1.54) is 23.5 Å². The van der Waals surface area contributed by atoms with E-state index in [0.29, 0.717) is 23.0 Å². The van der Waals surface area contributed by atoms with Crippen molar-refractivity contribution < 1.29 is 13.9 Å². The van der Waals surface area contributed by atoms with Crippen molar-refractivity contribution in [2.45, 2.75) is 6.92 Å². The average Bonchev–Trinajstić information content (AvgIpc) is 3.05. The number of carbonyl (C=O) groups is 1. The Balaban J connectivity index is 1.69. The maximum Gasteiger partial charge on any atom is 0.257 e. The van der Waals surface area contributed by atoms with E-state index in [1.54, 1.807) is 36.4 Å². The minimum Gasteiger partial charge on any atom is -0.494 e. The van der Waals surface area contributed by atoms with Crippen LogP contribution in [0.25, 0.3) is 11.3 Å². The number of amides is 1. The van der Waals surface area contributed by atoms with Crippen LogP contribution in [0.1, 0.15) is 17.3 Å². The summed E-state index contributed by atoms with van der Waals surface area (Å²) in [7, 11) is 0. The van der Waals surface area contributed by atoms with Crippen LogP contribution < -0.4 is 10.1 Å². The summed E-state index contributed by atoms with van der Waals surface area (Å²) in [6.07, 6.45) is 0. The molecule has 0 fully saturated rings. The van der Waals surface area contributed by atoms with E-state index >= 15 is 0 Å². The molecule has 0 spiro atoms. The van der Waals surface area contributed by atoms with Gasteiger partial charge in [-0.05, 0) is 55.5 Å². The van der Waals surface area contributed by atoms with Gasteiger partial charge in [0.15, 0.2) is 5.13 Å². The summed E-state index contributed by atoms with van der Waals surface area (Å²) in [5, 5.41) is 5.08. The van der Waals surface area contributed by atoms with Gasteiger partial charge in [-0.25, -0.2) is 9.37 Å². The third-order valence-corrected chi connectivity index (χ3v) is 4.05. The highest BCUT2D eigenvalue weighted by molar-refractivity contribution is 7.14. The van der Waals surface area contributed by atoms with Crippen molar-refractivity contribution in [2.75, 3.05) is 11.9 Å². The third-order valence-electron chi connectivity index (χ3n) is 3.29. The number of rotatable bonds is 5. The van der Waals surface area contributed by atoms with Gasteiger partial charge < -0.3 is 4.74 Å². The highest BCUT2D eigenvalue weighted by atomic mass is 32.1. The lowest BCUT2D eigenvalue weighted by molar-refractivity contribution is 0.102. The normalized spacial score (nSPS) is 10.4. The molecule has 4 nitrogen and oxygen atoms in total.